The molecular weight excluding hydrogens is 660 g/mol. The van der Waals surface area contributed by atoms with Gasteiger partial charge in [0.15, 0.2) is 0 Å². The Labute approximate surface area is 301 Å². The van der Waals surface area contributed by atoms with Crippen molar-refractivity contribution >= 4 is 29.4 Å². The molecule has 0 radical (unpaired) electrons. The number of allylic oxidation sites excluding steroid dienone is 1. The lowest BCUT2D eigenvalue weighted by atomic mass is 9.68. The lowest BCUT2D eigenvalue weighted by molar-refractivity contribution is -0.137. The van der Waals surface area contributed by atoms with E-state index in [0.717, 1.165) is 12.8 Å². The van der Waals surface area contributed by atoms with Crippen LogP contribution in [0.15, 0.2) is 11.6 Å². The Bertz CT molecular complexity index is 1280. The predicted molar refractivity (Wildman–Crippen MR) is 188 cm³/mol. The number of hydrogen-bond donors (Lipinski definition) is 6. The first-order chi connectivity index (χ1) is 24.2. The summed E-state index contributed by atoms with van der Waals surface area (Å²) in [6, 6.07) is -0.936. The molecule has 2 saturated heterocycles. The number of methoxy groups -OCH3 is 1. The summed E-state index contributed by atoms with van der Waals surface area (Å²) in [6.07, 6.45) is 6.43. The fourth-order valence-corrected chi connectivity index (χ4v) is 7.64. The average molecular weight is 721 g/mol. The summed E-state index contributed by atoms with van der Waals surface area (Å²) in [6.45, 7) is 11.9. The van der Waals surface area contributed by atoms with Crippen LogP contribution in [-0.4, -0.2) is 110 Å². The maximum atomic E-state index is 13.1. The van der Waals surface area contributed by atoms with Gasteiger partial charge in [0.25, 0.3) is 0 Å². The van der Waals surface area contributed by atoms with Crippen molar-refractivity contribution in [3.63, 3.8) is 0 Å². The minimum Gasteiger partial charge on any atom is -0.443 e. The van der Waals surface area contributed by atoms with Crippen LogP contribution in [0.25, 0.3) is 0 Å². The molecule has 0 bridgehead atoms. The zero-order chi connectivity index (χ0) is 37.3. The molecule has 0 aromatic rings. The number of ether oxygens (including phenoxy) is 4. The van der Waals surface area contributed by atoms with E-state index in [4.69, 9.17) is 18.9 Å². The first-order valence-electron chi connectivity index (χ1n) is 18.4. The van der Waals surface area contributed by atoms with E-state index >= 15 is 0 Å². The predicted octanol–water partition coefficient (Wildman–Crippen LogP) is 1.55. The van der Waals surface area contributed by atoms with Gasteiger partial charge >= 0.3 is 6.09 Å². The molecule has 4 aliphatic rings. The molecule has 0 aromatic carbocycles. The van der Waals surface area contributed by atoms with Crippen molar-refractivity contribution in [3.05, 3.63) is 11.6 Å². The van der Waals surface area contributed by atoms with Gasteiger partial charge in [0, 0.05) is 19.2 Å². The van der Waals surface area contributed by atoms with Crippen LogP contribution in [0.5, 0.6) is 0 Å². The highest BCUT2D eigenvalue weighted by atomic mass is 16.6. The summed E-state index contributed by atoms with van der Waals surface area (Å²) in [5, 5.41) is 6.04. The minimum absolute atomic E-state index is 0.0393. The Balaban J connectivity index is 1.17. The van der Waals surface area contributed by atoms with Gasteiger partial charge in [-0.3, -0.25) is 24.6 Å². The lowest BCUT2D eigenvalue weighted by Crippen LogP contribution is -2.56. The molecule has 2 amide bonds. The second kappa shape index (κ2) is 18.3. The summed E-state index contributed by atoms with van der Waals surface area (Å²) in [5.41, 5.74) is 11.4. The maximum absolute atomic E-state index is 13.1. The van der Waals surface area contributed by atoms with Crippen LogP contribution in [0.3, 0.4) is 0 Å². The van der Waals surface area contributed by atoms with Gasteiger partial charge in [0.1, 0.15) is 29.2 Å². The van der Waals surface area contributed by atoms with Crippen molar-refractivity contribution < 1.29 is 42.9 Å². The first kappa shape index (κ1) is 41.0. The van der Waals surface area contributed by atoms with Crippen molar-refractivity contribution in [1.82, 2.24) is 32.3 Å². The highest BCUT2D eigenvalue weighted by Crippen LogP contribution is 2.59. The summed E-state index contributed by atoms with van der Waals surface area (Å²) >= 11 is 0. The molecule has 15 nitrogen and oxygen atoms in total. The second-order valence-electron chi connectivity index (χ2n) is 15.5. The third kappa shape index (κ3) is 11.6. The van der Waals surface area contributed by atoms with E-state index in [-0.39, 0.29) is 73.1 Å². The van der Waals surface area contributed by atoms with E-state index in [9.17, 15) is 24.0 Å². The van der Waals surface area contributed by atoms with Gasteiger partial charge in [-0.15, -0.1) is 0 Å². The molecule has 4 unspecified atom stereocenters. The van der Waals surface area contributed by atoms with E-state index in [2.05, 4.69) is 59.2 Å². The van der Waals surface area contributed by atoms with Crippen LogP contribution in [0.2, 0.25) is 0 Å². The van der Waals surface area contributed by atoms with Gasteiger partial charge < -0.3 is 29.6 Å². The number of rotatable bonds is 20. The van der Waals surface area contributed by atoms with Gasteiger partial charge in [-0.25, -0.2) is 21.1 Å². The molecule has 51 heavy (non-hydrogen) atoms. The molecule has 4 fully saturated rings. The molecule has 1 spiro atoms. The van der Waals surface area contributed by atoms with Crippen molar-refractivity contribution in [3.8, 4) is 0 Å². The van der Waals surface area contributed by atoms with Crippen LogP contribution in [0.4, 0.5) is 4.79 Å². The van der Waals surface area contributed by atoms with Crippen molar-refractivity contribution in [2.24, 2.45) is 11.8 Å². The third-order valence-electron chi connectivity index (χ3n) is 10.4. The van der Waals surface area contributed by atoms with E-state index < -0.39 is 35.4 Å². The first-order valence-corrected chi connectivity index (χ1v) is 18.4. The molecule has 288 valence electrons. The summed E-state index contributed by atoms with van der Waals surface area (Å²) in [7, 11) is 1.66. The minimum atomic E-state index is -0.808. The number of alkyl carbamates (subject to hydrolysis) is 1. The average Bonchev–Trinajstić information content (AvgIpc) is 3.99. The molecule has 2 aliphatic heterocycles. The summed E-state index contributed by atoms with van der Waals surface area (Å²) in [5.74, 6) is -1.54. The molecule has 7 atom stereocenters. The van der Waals surface area contributed by atoms with Crippen LogP contribution >= 0.6 is 0 Å². The number of nitrogens with one attached hydrogen (secondary N) is 6. The van der Waals surface area contributed by atoms with E-state index in [1.807, 2.05) is 13.8 Å². The maximum Gasteiger partial charge on any atom is 0.407 e. The van der Waals surface area contributed by atoms with Crippen LogP contribution < -0.4 is 32.3 Å². The number of hydrazine groups is 2. The zero-order valence-electron chi connectivity index (χ0n) is 31.4. The normalized spacial score (nSPS) is 31.8. The molecule has 0 aromatic heterocycles. The smallest absolute Gasteiger partial charge is 0.407 e. The quantitative estimate of drug-likeness (QED) is 0.0348. The fourth-order valence-electron chi connectivity index (χ4n) is 7.64. The number of amides is 2. The van der Waals surface area contributed by atoms with E-state index in [1.54, 1.807) is 7.11 Å². The third-order valence-corrected chi connectivity index (χ3v) is 10.4. The van der Waals surface area contributed by atoms with Crippen molar-refractivity contribution in [1.29, 1.82) is 0 Å². The van der Waals surface area contributed by atoms with E-state index in [0.29, 0.717) is 45.1 Å². The number of Topliss-reactive ketones (excluding diaryl/α,β-unsaturated/α-hetero) is 3. The van der Waals surface area contributed by atoms with Gasteiger partial charge in [0.2, 0.25) is 17.5 Å². The number of ketones is 3. The van der Waals surface area contributed by atoms with Crippen LogP contribution in [-0.2, 0) is 38.1 Å². The second-order valence-corrected chi connectivity index (χ2v) is 15.5. The monoisotopic (exact) mass is 720 g/mol. The van der Waals surface area contributed by atoms with Gasteiger partial charge in [-0.1, -0.05) is 25.5 Å². The fraction of sp³-hybridized carbons (Fsp3) is 0.806. The molecule has 4 rings (SSSR count). The van der Waals surface area contributed by atoms with Crippen molar-refractivity contribution in [2.45, 2.75) is 141 Å². The van der Waals surface area contributed by atoms with Gasteiger partial charge in [0.05, 0.1) is 44.3 Å². The summed E-state index contributed by atoms with van der Waals surface area (Å²) < 4.78 is 24.3. The molecule has 15 heteroatoms. The SMILES string of the molecule is COC1C(OC(=O)N[C@H]2CC[C@H](NC(=O)CNN[C@@H](CC(C)C)C(=O)C(=O)CNNCC(C)=O)CC2)CC[C@]2(CO2)C1C1(C)O[C@@H]1CC=C(C)C. The summed E-state index contributed by atoms with van der Waals surface area (Å²) in [4.78, 5) is 62.0. The molecule has 2 heterocycles. The van der Waals surface area contributed by atoms with Gasteiger partial charge in [-0.05, 0) is 85.0 Å². The topological polar surface area (TPSA) is 201 Å². The lowest BCUT2D eigenvalue weighted by Gasteiger charge is -2.42. The Morgan fingerprint density at radius 3 is 2.14 bits per heavy atom. The van der Waals surface area contributed by atoms with Crippen molar-refractivity contribution in [2.75, 3.05) is 33.4 Å². The number of epoxide rings is 2. The van der Waals surface area contributed by atoms with Crippen LogP contribution in [0.1, 0.15) is 92.9 Å². The molecular formula is C36H60N6O9. The number of carbonyl (C=O) groups is 5. The Kier molecular flexibility index (Phi) is 14.7. The highest BCUT2D eigenvalue weighted by molar-refractivity contribution is 6.39. The molecule has 2 aliphatic carbocycles. The molecule has 6 N–H and O–H groups in total. The van der Waals surface area contributed by atoms with Gasteiger partial charge in [-0.2, -0.15) is 0 Å². The zero-order valence-corrected chi connectivity index (χ0v) is 31.4. The van der Waals surface area contributed by atoms with E-state index in [1.165, 1.54) is 12.5 Å². The molecule has 2 saturated carbocycles. The highest BCUT2D eigenvalue weighted by Gasteiger charge is 2.72. The number of carbonyl (C=O) groups excluding carboxylic acids is 5. The standard InChI is InChI=1S/C36H60N6O9/c1-21(2)8-13-29-35(6,51-29)33-32(48-7)28(14-15-36(33)20-49-36)50-34(47)41-25-11-9-24(10-12-25)40-30(45)19-39-42-26(16-22(3)4)31(46)27(44)18-38-37-17-23(5)43/h8,22,24-26,28-29,32-33,37-39,42H,9-20H2,1-7H3,(H,40,45)(H,41,47)/t24-,25-,26-,28?,29+,32?,33?,35?,36-/m0/s1. The van der Waals surface area contributed by atoms with Crippen LogP contribution in [0, 0.1) is 11.8 Å². The number of hydrogen-bond acceptors (Lipinski definition) is 13. The Morgan fingerprint density at radius 1 is 0.902 bits per heavy atom. The largest absolute Gasteiger partial charge is 0.443 e. The Hall–Kier alpha value is -2.79. The Morgan fingerprint density at radius 2 is 1.55 bits per heavy atom.